The Morgan fingerprint density at radius 3 is 2.00 bits per heavy atom. The van der Waals surface area contributed by atoms with E-state index in [-0.39, 0.29) is 5.60 Å². The van der Waals surface area contributed by atoms with Crippen molar-refractivity contribution < 1.29 is 4.74 Å². The van der Waals surface area contributed by atoms with Crippen LogP contribution in [-0.4, -0.2) is 10.9 Å². The molecule has 0 saturated heterocycles. The second-order valence-corrected chi connectivity index (χ2v) is 5.28. The summed E-state index contributed by atoms with van der Waals surface area (Å²) in [4.78, 5) is 0. The van der Waals surface area contributed by atoms with Crippen molar-refractivity contribution in [1.82, 2.24) is 0 Å². The maximum atomic E-state index is 6.02. The van der Waals surface area contributed by atoms with Crippen molar-refractivity contribution in [3.05, 3.63) is 28.8 Å². The Hall–Kier alpha value is -0.500. The molecular formula is C13H19BrO. The molecule has 15 heavy (non-hydrogen) atoms. The summed E-state index contributed by atoms with van der Waals surface area (Å²) in [5.74, 6) is 1.02. The molecule has 0 heterocycles. The number of benzene rings is 1. The van der Waals surface area contributed by atoms with E-state index in [9.17, 15) is 0 Å². The SMILES string of the molecule is Cc1cc(C)c(OC(C)(C)CBr)c(C)c1. The molecule has 0 fully saturated rings. The fourth-order valence-electron chi connectivity index (χ4n) is 1.63. The van der Waals surface area contributed by atoms with Crippen LogP contribution in [0, 0.1) is 20.8 Å². The molecular weight excluding hydrogens is 252 g/mol. The van der Waals surface area contributed by atoms with Gasteiger partial charge in [-0.25, -0.2) is 0 Å². The van der Waals surface area contributed by atoms with Gasteiger partial charge >= 0.3 is 0 Å². The van der Waals surface area contributed by atoms with Crippen molar-refractivity contribution in [3.63, 3.8) is 0 Å². The zero-order valence-electron chi connectivity index (χ0n) is 10.1. The van der Waals surface area contributed by atoms with Crippen molar-refractivity contribution in [1.29, 1.82) is 0 Å². The summed E-state index contributed by atoms with van der Waals surface area (Å²) in [5, 5.41) is 0.826. The van der Waals surface area contributed by atoms with E-state index >= 15 is 0 Å². The van der Waals surface area contributed by atoms with Crippen molar-refractivity contribution >= 4 is 15.9 Å². The molecule has 0 aromatic heterocycles. The lowest BCUT2D eigenvalue weighted by Crippen LogP contribution is -2.30. The minimum absolute atomic E-state index is 0.162. The largest absolute Gasteiger partial charge is 0.486 e. The third kappa shape index (κ3) is 3.23. The highest BCUT2D eigenvalue weighted by atomic mass is 79.9. The maximum absolute atomic E-state index is 6.02. The van der Waals surface area contributed by atoms with Crippen LogP contribution in [0.5, 0.6) is 5.75 Å². The molecule has 0 unspecified atom stereocenters. The van der Waals surface area contributed by atoms with Crippen LogP contribution < -0.4 is 4.74 Å². The number of halogens is 1. The van der Waals surface area contributed by atoms with E-state index in [0.717, 1.165) is 11.1 Å². The van der Waals surface area contributed by atoms with E-state index in [4.69, 9.17) is 4.74 Å². The van der Waals surface area contributed by atoms with Gasteiger partial charge in [-0.15, -0.1) is 0 Å². The number of aryl methyl sites for hydroxylation is 3. The van der Waals surface area contributed by atoms with Gasteiger partial charge in [0.2, 0.25) is 0 Å². The second-order valence-electron chi connectivity index (χ2n) is 4.72. The van der Waals surface area contributed by atoms with Crippen LogP contribution in [0.15, 0.2) is 12.1 Å². The smallest absolute Gasteiger partial charge is 0.125 e. The van der Waals surface area contributed by atoms with E-state index in [0.29, 0.717) is 0 Å². The van der Waals surface area contributed by atoms with Crippen molar-refractivity contribution in [2.24, 2.45) is 0 Å². The molecule has 84 valence electrons. The van der Waals surface area contributed by atoms with Crippen LogP contribution in [0.2, 0.25) is 0 Å². The van der Waals surface area contributed by atoms with Crippen molar-refractivity contribution in [2.75, 3.05) is 5.33 Å². The zero-order valence-corrected chi connectivity index (χ0v) is 11.7. The first-order valence-electron chi connectivity index (χ1n) is 5.18. The fraction of sp³-hybridized carbons (Fsp3) is 0.538. The lowest BCUT2D eigenvalue weighted by molar-refractivity contribution is 0.135. The first-order chi connectivity index (χ1) is 6.85. The summed E-state index contributed by atoms with van der Waals surface area (Å²) in [7, 11) is 0. The van der Waals surface area contributed by atoms with Crippen LogP contribution in [0.3, 0.4) is 0 Å². The Labute approximate surface area is 101 Å². The Balaban J connectivity index is 3.05. The van der Waals surface area contributed by atoms with Crippen LogP contribution in [0.25, 0.3) is 0 Å². The Bertz CT molecular complexity index is 333. The minimum atomic E-state index is -0.162. The molecule has 0 spiro atoms. The fourth-order valence-corrected chi connectivity index (χ4v) is 1.75. The number of hydrogen-bond acceptors (Lipinski definition) is 1. The summed E-state index contributed by atoms with van der Waals surface area (Å²) >= 11 is 3.47. The summed E-state index contributed by atoms with van der Waals surface area (Å²) < 4.78 is 6.02. The lowest BCUT2D eigenvalue weighted by Gasteiger charge is -2.26. The predicted molar refractivity (Wildman–Crippen MR) is 69.2 cm³/mol. The molecule has 1 nitrogen and oxygen atoms in total. The molecule has 0 radical (unpaired) electrons. The van der Waals surface area contributed by atoms with Gasteiger partial charge in [-0.05, 0) is 45.7 Å². The van der Waals surface area contributed by atoms with Gasteiger partial charge in [-0.2, -0.15) is 0 Å². The highest BCUT2D eigenvalue weighted by Crippen LogP contribution is 2.28. The molecule has 0 atom stereocenters. The molecule has 1 aromatic carbocycles. The molecule has 0 aliphatic carbocycles. The Morgan fingerprint density at radius 2 is 1.60 bits per heavy atom. The number of hydrogen-bond donors (Lipinski definition) is 0. The van der Waals surface area contributed by atoms with Crippen molar-refractivity contribution in [3.8, 4) is 5.75 Å². The van der Waals surface area contributed by atoms with Gasteiger partial charge in [0, 0.05) is 5.33 Å². The topological polar surface area (TPSA) is 9.23 Å². The summed E-state index contributed by atoms with van der Waals surface area (Å²) in [6.07, 6.45) is 0. The summed E-state index contributed by atoms with van der Waals surface area (Å²) in [6.45, 7) is 10.5. The van der Waals surface area contributed by atoms with Gasteiger partial charge in [0.05, 0.1) is 0 Å². The second kappa shape index (κ2) is 4.56. The Morgan fingerprint density at radius 1 is 1.13 bits per heavy atom. The van der Waals surface area contributed by atoms with E-state index in [1.54, 1.807) is 0 Å². The molecule has 0 N–H and O–H groups in total. The van der Waals surface area contributed by atoms with Crippen LogP contribution in [0.4, 0.5) is 0 Å². The number of rotatable bonds is 3. The number of alkyl halides is 1. The molecule has 1 rings (SSSR count). The van der Waals surface area contributed by atoms with Crippen LogP contribution in [-0.2, 0) is 0 Å². The molecule has 0 bridgehead atoms. The average molecular weight is 271 g/mol. The molecule has 0 amide bonds. The van der Waals surface area contributed by atoms with Crippen molar-refractivity contribution in [2.45, 2.75) is 40.2 Å². The first-order valence-corrected chi connectivity index (χ1v) is 6.31. The molecule has 0 saturated carbocycles. The van der Waals surface area contributed by atoms with Gasteiger partial charge in [-0.3, -0.25) is 0 Å². The third-order valence-corrected chi connectivity index (χ3v) is 3.66. The molecule has 0 aliphatic heterocycles. The summed E-state index contributed by atoms with van der Waals surface area (Å²) in [6, 6.07) is 4.32. The molecule has 0 aliphatic rings. The highest BCUT2D eigenvalue weighted by molar-refractivity contribution is 9.09. The van der Waals surface area contributed by atoms with Gasteiger partial charge in [-0.1, -0.05) is 33.6 Å². The van der Waals surface area contributed by atoms with E-state index < -0.39 is 0 Å². The predicted octanol–water partition coefficient (Wildman–Crippen LogP) is 4.16. The van der Waals surface area contributed by atoms with Crippen LogP contribution >= 0.6 is 15.9 Å². The summed E-state index contributed by atoms with van der Waals surface area (Å²) in [5.41, 5.74) is 3.54. The van der Waals surface area contributed by atoms with Gasteiger partial charge in [0.1, 0.15) is 11.4 Å². The Kier molecular flexibility index (Phi) is 3.82. The van der Waals surface area contributed by atoms with E-state index in [2.05, 4.69) is 62.7 Å². The van der Waals surface area contributed by atoms with E-state index in [1.807, 2.05) is 0 Å². The molecule has 2 heteroatoms. The normalized spacial score (nSPS) is 11.6. The monoisotopic (exact) mass is 270 g/mol. The van der Waals surface area contributed by atoms with Gasteiger partial charge in [0.25, 0.3) is 0 Å². The van der Waals surface area contributed by atoms with Gasteiger partial charge in [0.15, 0.2) is 0 Å². The standard InChI is InChI=1S/C13H19BrO/c1-9-6-10(2)12(11(3)7-9)15-13(4,5)8-14/h6-7H,8H2,1-5H3. The maximum Gasteiger partial charge on any atom is 0.125 e. The lowest BCUT2D eigenvalue weighted by atomic mass is 10.1. The average Bonchev–Trinajstić information content (AvgIpc) is 2.11. The third-order valence-electron chi connectivity index (χ3n) is 2.30. The number of ether oxygens (including phenoxy) is 1. The van der Waals surface area contributed by atoms with Gasteiger partial charge < -0.3 is 4.74 Å². The first kappa shape index (κ1) is 12.6. The zero-order chi connectivity index (χ0) is 11.6. The van der Waals surface area contributed by atoms with Crippen LogP contribution in [0.1, 0.15) is 30.5 Å². The van der Waals surface area contributed by atoms with E-state index in [1.165, 1.54) is 16.7 Å². The quantitative estimate of drug-likeness (QED) is 0.750. The minimum Gasteiger partial charge on any atom is -0.486 e. The molecule has 1 aromatic rings. The highest BCUT2D eigenvalue weighted by Gasteiger charge is 2.20.